The molecule has 1 saturated heterocycles. The fraction of sp³-hybridized carbons (Fsp3) is 0.364. The summed E-state index contributed by atoms with van der Waals surface area (Å²) < 4.78 is 10.3. The van der Waals surface area contributed by atoms with Crippen molar-refractivity contribution in [2.45, 2.75) is 26.2 Å². The summed E-state index contributed by atoms with van der Waals surface area (Å²) in [6, 6.07) is 13.0. The topological polar surface area (TPSA) is 67.9 Å². The lowest BCUT2D eigenvalue weighted by atomic mass is 10.1. The van der Waals surface area contributed by atoms with E-state index in [2.05, 4.69) is 10.2 Å². The van der Waals surface area contributed by atoms with E-state index in [4.69, 9.17) is 9.47 Å². The Morgan fingerprint density at radius 2 is 1.75 bits per heavy atom. The van der Waals surface area contributed by atoms with Crippen molar-refractivity contribution in [1.82, 2.24) is 0 Å². The summed E-state index contributed by atoms with van der Waals surface area (Å²) in [4.78, 5) is 26.7. The number of amides is 1. The van der Waals surface area contributed by atoms with Crippen molar-refractivity contribution in [2.75, 3.05) is 37.0 Å². The second kappa shape index (κ2) is 9.26. The number of rotatable bonds is 6. The molecule has 28 heavy (non-hydrogen) atoms. The maximum absolute atomic E-state index is 12.3. The molecule has 1 heterocycles. The van der Waals surface area contributed by atoms with Crippen molar-refractivity contribution in [2.24, 2.45) is 0 Å². The summed E-state index contributed by atoms with van der Waals surface area (Å²) in [6.45, 7) is 3.66. The van der Waals surface area contributed by atoms with Crippen molar-refractivity contribution in [3.63, 3.8) is 0 Å². The summed E-state index contributed by atoms with van der Waals surface area (Å²) in [5.41, 5.74) is 3.05. The van der Waals surface area contributed by atoms with Crippen molar-refractivity contribution in [1.29, 1.82) is 0 Å². The van der Waals surface area contributed by atoms with Crippen LogP contribution < -0.4 is 15.0 Å². The largest absolute Gasteiger partial charge is 0.496 e. The number of hydrogen-bond donors (Lipinski definition) is 1. The van der Waals surface area contributed by atoms with Gasteiger partial charge in [0, 0.05) is 24.5 Å². The Hall–Kier alpha value is -3.02. The summed E-state index contributed by atoms with van der Waals surface area (Å²) in [7, 11) is 1.49. The number of carbonyl (C=O) groups excluding carboxylic acids is 2. The van der Waals surface area contributed by atoms with Crippen LogP contribution in [0.5, 0.6) is 5.75 Å². The van der Waals surface area contributed by atoms with Gasteiger partial charge in [-0.3, -0.25) is 4.79 Å². The third kappa shape index (κ3) is 5.03. The van der Waals surface area contributed by atoms with Gasteiger partial charge in [-0.25, -0.2) is 4.79 Å². The van der Waals surface area contributed by atoms with E-state index in [1.54, 1.807) is 12.1 Å². The van der Waals surface area contributed by atoms with E-state index in [1.165, 1.54) is 26.4 Å². The van der Waals surface area contributed by atoms with E-state index < -0.39 is 5.97 Å². The average Bonchev–Trinajstić information content (AvgIpc) is 2.73. The lowest BCUT2D eigenvalue weighted by Crippen LogP contribution is -2.29. The van der Waals surface area contributed by atoms with Crippen LogP contribution in [0.15, 0.2) is 42.5 Å². The summed E-state index contributed by atoms with van der Waals surface area (Å²) in [5, 5.41) is 2.75. The first-order valence-electron chi connectivity index (χ1n) is 9.53. The monoisotopic (exact) mass is 382 g/mol. The highest BCUT2D eigenvalue weighted by Gasteiger charge is 2.16. The molecule has 0 spiro atoms. The SMILES string of the molecule is COc1ccc(C)cc1C(=O)OCC(=O)Nc1ccc(N2CCCCC2)cc1. The van der Waals surface area contributed by atoms with Gasteiger partial charge >= 0.3 is 5.97 Å². The minimum absolute atomic E-state index is 0.307. The lowest BCUT2D eigenvalue weighted by molar-refractivity contribution is -0.119. The van der Waals surface area contributed by atoms with Crippen LogP contribution in [0.4, 0.5) is 11.4 Å². The number of esters is 1. The van der Waals surface area contributed by atoms with Gasteiger partial charge in [-0.1, -0.05) is 11.6 Å². The number of nitrogens with one attached hydrogen (secondary N) is 1. The Morgan fingerprint density at radius 1 is 1.04 bits per heavy atom. The Kier molecular flexibility index (Phi) is 6.53. The third-order valence-corrected chi connectivity index (χ3v) is 4.78. The van der Waals surface area contributed by atoms with Crippen LogP contribution in [-0.2, 0) is 9.53 Å². The van der Waals surface area contributed by atoms with Crippen LogP contribution in [0.1, 0.15) is 35.2 Å². The molecule has 2 aromatic carbocycles. The predicted molar refractivity (Wildman–Crippen MR) is 109 cm³/mol. The minimum Gasteiger partial charge on any atom is -0.496 e. The molecule has 0 radical (unpaired) electrons. The average molecular weight is 382 g/mol. The molecule has 1 fully saturated rings. The molecule has 1 N–H and O–H groups in total. The minimum atomic E-state index is -0.587. The molecule has 0 bridgehead atoms. The zero-order valence-corrected chi connectivity index (χ0v) is 16.4. The molecular weight excluding hydrogens is 356 g/mol. The highest BCUT2D eigenvalue weighted by Crippen LogP contribution is 2.22. The molecule has 2 aromatic rings. The van der Waals surface area contributed by atoms with Gasteiger partial charge in [0.2, 0.25) is 0 Å². The Morgan fingerprint density at radius 3 is 2.43 bits per heavy atom. The Balaban J connectivity index is 1.53. The Bertz CT molecular complexity index is 827. The molecule has 0 aromatic heterocycles. The van der Waals surface area contributed by atoms with Gasteiger partial charge in [0.15, 0.2) is 6.61 Å². The number of piperidine rings is 1. The normalized spacial score (nSPS) is 13.7. The summed E-state index contributed by atoms with van der Waals surface area (Å²) in [6.07, 6.45) is 3.73. The van der Waals surface area contributed by atoms with E-state index in [0.717, 1.165) is 24.3 Å². The lowest BCUT2D eigenvalue weighted by Gasteiger charge is -2.28. The molecule has 6 nitrogen and oxygen atoms in total. The number of nitrogens with zero attached hydrogens (tertiary/aromatic N) is 1. The second-order valence-electron chi connectivity index (χ2n) is 6.92. The standard InChI is InChI=1S/C22H26N2O4/c1-16-6-11-20(27-2)19(14-16)22(26)28-15-21(25)23-17-7-9-18(10-8-17)24-12-4-3-5-13-24/h6-11,14H,3-5,12-13,15H2,1-2H3,(H,23,25). The van der Waals surface area contributed by atoms with Crippen LogP contribution in [0.2, 0.25) is 0 Å². The maximum atomic E-state index is 12.3. The fourth-order valence-electron chi connectivity index (χ4n) is 3.29. The molecule has 6 heteroatoms. The summed E-state index contributed by atoms with van der Waals surface area (Å²) >= 11 is 0. The van der Waals surface area contributed by atoms with Crippen molar-refractivity contribution in [3.8, 4) is 5.75 Å². The molecule has 1 amide bonds. The number of anilines is 2. The van der Waals surface area contributed by atoms with Gasteiger partial charge in [-0.2, -0.15) is 0 Å². The smallest absolute Gasteiger partial charge is 0.342 e. The molecule has 1 aliphatic rings. The second-order valence-corrected chi connectivity index (χ2v) is 6.92. The maximum Gasteiger partial charge on any atom is 0.342 e. The van der Waals surface area contributed by atoms with Crippen LogP contribution in [0.25, 0.3) is 0 Å². The fourth-order valence-corrected chi connectivity index (χ4v) is 3.29. The number of benzene rings is 2. The zero-order chi connectivity index (χ0) is 19.9. The summed E-state index contributed by atoms with van der Waals surface area (Å²) in [5.74, 6) is -0.550. The highest BCUT2D eigenvalue weighted by atomic mass is 16.5. The van der Waals surface area contributed by atoms with Gasteiger partial charge in [0.25, 0.3) is 5.91 Å². The van der Waals surface area contributed by atoms with Crippen LogP contribution in [0.3, 0.4) is 0 Å². The van der Waals surface area contributed by atoms with Gasteiger partial charge in [-0.15, -0.1) is 0 Å². The first-order chi connectivity index (χ1) is 13.6. The van der Waals surface area contributed by atoms with E-state index >= 15 is 0 Å². The quantitative estimate of drug-likeness (QED) is 0.770. The van der Waals surface area contributed by atoms with Crippen LogP contribution >= 0.6 is 0 Å². The Labute approximate surface area is 165 Å². The number of methoxy groups -OCH3 is 1. The molecule has 148 valence electrons. The van der Waals surface area contributed by atoms with E-state index in [-0.39, 0.29) is 12.5 Å². The molecular formula is C22H26N2O4. The van der Waals surface area contributed by atoms with E-state index in [9.17, 15) is 9.59 Å². The first-order valence-corrected chi connectivity index (χ1v) is 9.53. The number of aryl methyl sites for hydroxylation is 1. The first kappa shape index (κ1) is 19.7. The van der Waals surface area contributed by atoms with E-state index in [0.29, 0.717) is 17.0 Å². The molecule has 3 rings (SSSR count). The number of hydrogen-bond acceptors (Lipinski definition) is 5. The van der Waals surface area contributed by atoms with Crippen LogP contribution in [0, 0.1) is 6.92 Å². The molecule has 0 aliphatic carbocycles. The zero-order valence-electron chi connectivity index (χ0n) is 16.4. The highest BCUT2D eigenvalue weighted by molar-refractivity contribution is 5.97. The molecule has 0 unspecified atom stereocenters. The van der Waals surface area contributed by atoms with Crippen molar-refractivity contribution < 1.29 is 19.1 Å². The predicted octanol–water partition coefficient (Wildman–Crippen LogP) is 3.79. The molecule has 0 saturated carbocycles. The van der Waals surface area contributed by atoms with Crippen molar-refractivity contribution in [3.05, 3.63) is 53.6 Å². The van der Waals surface area contributed by atoms with Gasteiger partial charge in [0.05, 0.1) is 7.11 Å². The molecule has 1 aliphatic heterocycles. The van der Waals surface area contributed by atoms with Gasteiger partial charge < -0.3 is 19.7 Å². The van der Waals surface area contributed by atoms with Gasteiger partial charge in [0.1, 0.15) is 11.3 Å². The number of carbonyl (C=O) groups is 2. The third-order valence-electron chi connectivity index (χ3n) is 4.78. The van der Waals surface area contributed by atoms with Gasteiger partial charge in [-0.05, 0) is 62.6 Å². The number of ether oxygens (including phenoxy) is 2. The van der Waals surface area contributed by atoms with E-state index in [1.807, 2.05) is 37.3 Å². The van der Waals surface area contributed by atoms with Crippen LogP contribution in [-0.4, -0.2) is 38.7 Å². The van der Waals surface area contributed by atoms with Crippen molar-refractivity contribution >= 4 is 23.3 Å². The molecule has 0 atom stereocenters.